The van der Waals surface area contributed by atoms with Gasteiger partial charge in [0.1, 0.15) is 5.60 Å². The Bertz CT molecular complexity index is 1090. The number of hydrogen-bond donors (Lipinski definition) is 1. The van der Waals surface area contributed by atoms with Gasteiger partial charge in [0.15, 0.2) is 0 Å². The van der Waals surface area contributed by atoms with Gasteiger partial charge in [-0.1, -0.05) is 97.1 Å². The molecule has 0 fully saturated rings. The number of fused-ring (bicyclic) bond motifs is 1. The average Bonchev–Trinajstić information content (AvgIpc) is 2.81. The first kappa shape index (κ1) is 17.7. The van der Waals surface area contributed by atoms with Crippen LogP contribution in [0.5, 0.6) is 0 Å². The highest BCUT2D eigenvalue weighted by atomic mass is 16.3. The molecule has 142 valence electrons. The average molecular weight is 377 g/mol. The zero-order valence-electron chi connectivity index (χ0n) is 16.1. The quantitative estimate of drug-likeness (QED) is 0.459. The number of nitrogens with zero attached hydrogens (tertiary/aromatic N) is 1. The van der Waals surface area contributed by atoms with Crippen molar-refractivity contribution in [2.45, 2.75) is 18.1 Å². The topological polar surface area (TPSA) is 23.5 Å². The van der Waals surface area contributed by atoms with Crippen molar-refractivity contribution in [1.29, 1.82) is 0 Å². The summed E-state index contributed by atoms with van der Waals surface area (Å²) in [5.41, 5.74) is 4.20. The minimum absolute atomic E-state index is 0.0127. The zero-order valence-corrected chi connectivity index (χ0v) is 16.1. The molecule has 29 heavy (non-hydrogen) atoms. The van der Waals surface area contributed by atoms with Gasteiger partial charge in [-0.2, -0.15) is 0 Å². The molecule has 4 aromatic rings. The van der Waals surface area contributed by atoms with Crippen LogP contribution in [-0.4, -0.2) is 5.11 Å². The zero-order chi connectivity index (χ0) is 19.7. The first-order valence-corrected chi connectivity index (χ1v) is 10.0. The molecule has 0 aromatic heterocycles. The fraction of sp³-hybridized carbons (Fsp3) is 0.111. The fourth-order valence-corrected chi connectivity index (χ4v) is 4.52. The first-order valence-electron chi connectivity index (χ1n) is 10.0. The molecule has 0 aliphatic carbocycles. The molecule has 2 atom stereocenters. The van der Waals surface area contributed by atoms with Crippen molar-refractivity contribution in [3.8, 4) is 0 Å². The van der Waals surface area contributed by atoms with Gasteiger partial charge in [0.25, 0.3) is 0 Å². The molecule has 1 aliphatic rings. The lowest BCUT2D eigenvalue weighted by atomic mass is 9.75. The predicted octanol–water partition coefficient (Wildman–Crippen LogP) is 6.21. The third-order valence-electron chi connectivity index (χ3n) is 5.88. The maximum atomic E-state index is 12.1. The Labute approximate surface area is 171 Å². The van der Waals surface area contributed by atoms with Gasteiger partial charge >= 0.3 is 0 Å². The van der Waals surface area contributed by atoms with Gasteiger partial charge in [0.2, 0.25) is 0 Å². The van der Waals surface area contributed by atoms with E-state index >= 15 is 0 Å². The molecule has 0 unspecified atom stereocenters. The number of aliphatic hydroxyl groups is 1. The van der Waals surface area contributed by atoms with Gasteiger partial charge in [-0.05, 0) is 29.3 Å². The maximum absolute atomic E-state index is 12.1. The SMILES string of the molecule is O[C@]1(c2ccccc2)C[C@@H](c2ccccc2)N(c2ccccc2)c2ccccc21. The van der Waals surface area contributed by atoms with Crippen LogP contribution in [0.2, 0.25) is 0 Å². The molecule has 1 N–H and O–H groups in total. The summed E-state index contributed by atoms with van der Waals surface area (Å²) >= 11 is 0. The smallest absolute Gasteiger partial charge is 0.119 e. The fourth-order valence-electron chi connectivity index (χ4n) is 4.52. The van der Waals surface area contributed by atoms with Crippen molar-refractivity contribution in [3.05, 3.63) is 132 Å². The minimum atomic E-state index is -1.05. The van der Waals surface area contributed by atoms with Crippen LogP contribution < -0.4 is 4.90 Å². The summed E-state index contributed by atoms with van der Waals surface area (Å²) in [4.78, 5) is 2.36. The van der Waals surface area contributed by atoms with Crippen LogP contribution in [0.25, 0.3) is 0 Å². The standard InChI is InChI=1S/C27H23NO/c29-27(22-14-6-2-7-15-22)20-26(21-12-4-1-5-13-21)28(23-16-8-3-9-17-23)25-19-11-10-18-24(25)27/h1-19,26,29H,20H2/t26-,27-/m0/s1. The van der Waals surface area contributed by atoms with Crippen LogP contribution in [-0.2, 0) is 5.60 Å². The number of benzene rings is 4. The van der Waals surface area contributed by atoms with Crippen molar-refractivity contribution in [1.82, 2.24) is 0 Å². The summed E-state index contributed by atoms with van der Waals surface area (Å²) in [6.45, 7) is 0. The molecule has 0 saturated heterocycles. The molecule has 1 aliphatic heterocycles. The van der Waals surface area contributed by atoms with Gasteiger partial charge in [-0.25, -0.2) is 0 Å². The van der Waals surface area contributed by atoms with Crippen LogP contribution in [0, 0.1) is 0 Å². The van der Waals surface area contributed by atoms with Gasteiger partial charge in [-0.15, -0.1) is 0 Å². The number of para-hydroxylation sites is 2. The number of anilines is 2. The van der Waals surface area contributed by atoms with E-state index < -0.39 is 5.60 Å². The Morgan fingerprint density at radius 1 is 0.655 bits per heavy atom. The van der Waals surface area contributed by atoms with Crippen molar-refractivity contribution in [2.24, 2.45) is 0 Å². The highest BCUT2D eigenvalue weighted by Gasteiger charge is 2.44. The van der Waals surface area contributed by atoms with Crippen LogP contribution >= 0.6 is 0 Å². The molecule has 2 heteroatoms. The van der Waals surface area contributed by atoms with Crippen LogP contribution in [0.3, 0.4) is 0 Å². The molecule has 4 aromatic carbocycles. The highest BCUT2D eigenvalue weighted by Crippen LogP contribution is 2.52. The summed E-state index contributed by atoms with van der Waals surface area (Å²) in [7, 11) is 0. The molecule has 1 heterocycles. The van der Waals surface area contributed by atoms with E-state index in [1.165, 1.54) is 5.56 Å². The molecule has 0 amide bonds. The molecule has 0 saturated carbocycles. The Balaban J connectivity index is 1.76. The Kier molecular flexibility index (Phi) is 4.42. The minimum Gasteiger partial charge on any atom is -0.380 e. The third kappa shape index (κ3) is 3.02. The van der Waals surface area contributed by atoms with E-state index in [-0.39, 0.29) is 6.04 Å². The lowest BCUT2D eigenvalue weighted by Gasteiger charge is -2.47. The summed E-state index contributed by atoms with van der Waals surface area (Å²) < 4.78 is 0. The second kappa shape index (κ2) is 7.23. The third-order valence-corrected chi connectivity index (χ3v) is 5.88. The Hall–Kier alpha value is -3.36. The van der Waals surface area contributed by atoms with Crippen molar-refractivity contribution >= 4 is 11.4 Å². The van der Waals surface area contributed by atoms with Crippen LogP contribution in [0.4, 0.5) is 11.4 Å². The van der Waals surface area contributed by atoms with Crippen LogP contribution in [0.1, 0.15) is 29.2 Å². The van der Waals surface area contributed by atoms with Crippen molar-refractivity contribution in [3.63, 3.8) is 0 Å². The van der Waals surface area contributed by atoms with E-state index in [1.54, 1.807) is 0 Å². The normalized spacial score (nSPS) is 20.9. The van der Waals surface area contributed by atoms with Gasteiger partial charge in [0.05, 0.1) is 6.04 Å². The first-order chi connectivity index (χ1) is 14.3. The Morgan fingerprint density at radius 3 is 1.90 bits per heavy atom. The molecule has 0 bridgehead atoms. The van der Waals surface area contributed by atoms with Gasteiger partial charge in [0, 0.05) is 23.4 Å². The van der Waals surface area contributed by atoms with E-state index in [9.17, 15) is 5.11 Å². The highest BCUT2D eigenvalue weighted by molar-refractivity contribution is 5.72. The van der Waals surface area contributed by atoms with E-state index in [2.05, 4.69) is 65.6 Å². The summed E-state index contributed by atoms with van der Waals surface area (Å²) in [6.07, 6.45) is 0.576. The van der Waals surface area contributed by atoms with Gasteiger partial charge < -0.3 is 10.0 Å². The van der Waals surface area contributed by atoms with Crippen LogP contribution in [0.15, 0.2) is 115 Å². The molecule has 0 radical (unpaired) electrons. The summed E-state index contributed by atoms with van der Waals surface area (Å²) in [6, 6.07) is 39.2. The molecular weight excluding hydrogens is 354 g/mol. The molecule has 2 nitrogen and oxygen atoms in total. The largest absolute Gasteiger partial charge is 0.380 e. The van der Waals surface area contributed by atoms with E-state index in [1.807, 2.05) is 54.6 Å². The molecule has 5 rings (SSSR count). The molecule has 0 spiro atoms. The summed E-state index contributed by atoms with van der Waals surface area (Å²) in [5, 5.41) is 12.1. The van der Waals surface area contributed by atoms with E-state index in [4.69, 9.17) is 0 Å². The van der Waals surface area contributed by atoms with Gasteiger partial charge in [-0.3, -0.25) is 0 Å². The Morgan fingerprint density at radius 2 is 1.21 bits per heavy atom. The summed E-state index contributed by atoms with van der Waals surface area (Å²) in [5.74, 6) is 0. The van der Waals surface area contributed by atoms with Crippen molar-refractivity contribution in [2.75, 3.05) is 4.90 Å². The van der Waals surface area contributed by atoms with Crippen molar-refractivity contribution < 1.29 is 5.11 Å². The van der Waals surface area contributed by atoms with E-state index in [0.717, 1.165) is 22.5 Å². The monoisotopic (exact) mass is 377 g/mol. The second-order valence-electron chi connectivity index (χ2n) is 7.58. The predicted molar refractivity (Wildman–Crippen MR) is 118 cm³/mol. The van der Waals surface area contributed by atoms with E-state index in [0.29, 0.717) is 6.42 Å². The maximum Gasteiger partial charge on any atom is 0.119 e. The lowest BCUT2D eigenvalue weighted by molar-refractivity contribution is 0.0578. The lowest BCUT2D eigenvalue weighted by Crippen LogP contribution is -2.41. The number of rotatable bonds is 3. The second-order valence-corrected chi connectivity index (χ2v) is 7.58. The number of hydrogen-bond acceptors (Lipinski definition) is 2. The molecular formula is C27H23NO.